The molecule has 1 aromatic rings. The molecule has 0 aliphatic heterocycles. The molecular formula is C12H19N. The van der Waals surface area contributed by atoms with Crippen LogP contribution >= 0.6 is 0 Å². The molecule has 0 bridgehead atoms. The Balaban J connectivity index is 2.35. The summed E-state index contributed by atoms with van der Waals surface area (Å²) in [5.41, 5.74) is 1.42. The first-order chi connectivity index (χ1) is 6.34. The minimum Gasteiger partial charge on any atom is -0.316 e. The van der Waals surface area contributed by atoms with Gasteiger partial charge in [0.1, 0.15) is 0 Å². The zero-order valence-corrected chi connectivity index (χ0v) is 8.59. The van der Waals surface area contributed by atoms with Crippen molar-refractivity contribution < 1.29 is 0 Å². The minimum absolute atomic E-state index is 0.618. The Kier molecular flexibility index (Phi) is 4.55. The third-order valence-corrected chi connectivity index (χ3v) is 2.25. The van der Waals surface area contributed by atoms with Gasteiger partial charge < -0.3 is 5.32 Å². The number of hydrogen-bond donors (Lipinski definition) is 1. The van der Waals surface area contributed by atoms with Gasteiger partial charge in [0, 0.05) is 6.54 Å². The monoisotopic (exact) mass is 177 g/mol. The SMILES string of the molecule is CCCNCC(C)c1ccccc1. The Morgan fingerprint density at radius 2 is 1.92 bits per heavy atom. The van der Waals surface area contributed by atoms with E-state index in [4.69, 9.17) is 0 Å². The predicted molar refractivity (Wildman–Crippen MR) is 58.0 cm³/mol. The zero-order chi connectivity index (χ0) is 9.52. The first-order valence-corrected chi connectivity index (χ1v) is 5.10. The summed E-state index contributed by atoms with van der Waals surface area (Å²) < 4.78 is 0. The molecule has 13 heavy (non-hydrogen) atoms. The van der Waals surface area contributed by atoms with E-state index in [1.165, 1.54) is 12.0 Å². The molecule has 72 valence electrons. The van der Waals surface area contributed by atoms with Gasteiger partial charge in [0.15, 0.2) is 0 Å². The standard InChI is InChI=1S/C12H19N/c1-3-9-13-10-11(2)12-7-5-4-6-8-12/h4-8,11,13H,3,9-10H2,1-2H3. The largest absolute Gasteiger partial charge is 0.316 e. The lowest BCUT2D eigenvalue weighted by molar-refractivity contribution is 0.609. The summed E-state index contributed by atoms with van der Waals surface area (Å²) in [6, 6.07) is 10.7. The summed E-state index contributed by atoms with van der Waals surface area (Å²) in [7, 11) is 0. The van der Waals surface area contributed by atoms with Gasteiger partial charge in [0.2, 0.25) is 0 Å². The van der Waals surface area contributed by atoms with Gasteiger partial charge in [-0.2, -0.15) is 0 Å². The molecule has 1 unspecified atom stereocenters. The van der Waals surface area contributed by atoms with Crippen molar-refractivity contribution in [1.82, 2.24) is 5.32 Å². The Bertz CT molecular complexity index is 218. The highest BCUT2D eigenvalue weighted by atomic mass is 14.8. The van der Waals surface area contributed by atoms with Crippen molar-refractivity contribution in [1.29, 1.82) is 0 Å². The molecule has 1 heteroatoms. The average molecular weight is 177 g/mol. The van der Waals surface area contributed by atoms with E-state index in [1.807, 2.05) is 0 Å². The van der Waals surface area contributed by atoms with Crippen LogP contribution in [0.1, 0.15) is 31.7 Å². The summed E-state index contributed by atoms with van der Waals surface area (Å²) in [6.07, 6.45) is 1.21. The molecule has 0 aromatic heterocycles. The van der Waals surface area contributed by atoms with Gasteiger partial charge in [-0.15, -0.1) is 0 Å². The molecule has 0 spiro atoms. The topological polar surface area (TPSA) is 12.0 Å². The fourth-order valence-corrected chi connectivity index (χ4v) is 1.39. The van der Waals surface area contributed by atoms with Crippen molar-refractivity contribution in [3.8, 4) is 0 Å². The Hall–Kier alpha value is -0.820. The Morgan fingerprint density at radius 1 is 1.23 bits per heavy atom. The van der Waals surface area contributed by atoms with Crippen molar-refractivity contribution in [2.45, 2.75) is 26.2 Å². The second-order valence-corrected chi connectivity index (χ2v) is 3.52. The van der Waals surface area contributed by atoms with Crippen LogP contribution < -0.4 is 5.32 Å². The lowest BCUT2D eigenvalue weighted by Gasteiger charge is -2.12. The maximum atomic E-state index is 3.43. The van der Waals surface area contributed by atoms with E-state index in [9.17, 15) is 0 Å². The first kappa shape index (κ1) is 10.3. The maximum Gasteiger partial charge on any atom is 0.00174 e. The molecule has 1 aromatic carbocycles. The quantitative estimate of drug-likeness (QED) is 0.682. The van der Waals surface area contributed by atoms with Gasteiger partial charge >= 0.3 is 0 Å². The summed E-state index contributed by atoms with van der Waals surface area (Å²) >= 11 is 0. The molecule has 0 heterocycles. The molecule has 0 fully saturated rings. The van der Waals surface area contributed by atoms with Crippen molar-refractivity contribution in [2.24, 2.45) is 0 Å². The summed E-state index contributed by atoms with van der Waals surface area (Å²) in [6.45, 7) is 6.66. The Morgan fingerprint density at radius 3 is 2.54 bits per heavy atom. The second-order valence-electron chi connectivity index (χ2n) is 3.52. The van der Waals surface area contributed by atoms with Crippen LogP contribution in [-0.2, 0) is 0 Å². The van der Waals surface area contributed by atoms with E-state index in [2.05, 4.69) is 49.5 Å². The van der Waals surface area contributed by atoms with Gasteiger partial charge in [-0.1, -0.05) is 44.2 Å². The van der Waals surface area contributed by atoms with Gasteiger partial charge in [0.05, 0.1) is 0 Å². The van der Waals surface area contributed by atoms with Crippen molar-refractivity contribution in [2.75, 3.05) is 13.1 Å². The summed E-state index contributed by atoms with van der Waals surface area (Å²) in [5.74, 6) is 0.618. The van der Waals surface area contributed by atoms with Crippen molar-refractivity contribution in [3.63, 3.8) is 0 Å². The average Bonchev–Trinajstić information content (AvgIpc) is 2.19. The number of nitrogens with one attached hydrogen (secondary N) is 1. The van der Waals surface area contributed by atoms with Crippen molar-refractivity contribution >= 4 is 0 Å². The van der Waals surface area contributed by atoms with Gasteiger partial charge in [0.25, 0.3) is 0 Å². The molecule has 0 saturated carbocycles. The van der Waals surface area contributed by atoms with Crippen LogP contribution in [0.2, 0.25) is 0 Å². The fourth-order valence-electron chi connectivity index (χ4n) is 1.39. The van der Waals surface area contributed by atoms with Crippen LogP contribution in [0.4, 0.5) is 0 Å². The molecule has 0 aliphatic rings. The van der Waals surface area contributed by atoms with E-state index in [0.29, 0.717) is 5.92 Å². The molecule has 1 N–H and O–H groups in total. The van der Waals surface area contributed by atoms with Crippen LogP contribution in [0.25, 0.3) is 0 Å². The van der Waals surface area contributed by atoms with E-state index in [1.54, 1.807) is 0 Å². The maximum absolute atomic E-state index is 3.43. The van der Waals surface area contributed by atoms with Crippen LogP contribution in [0.5, 0.6) is 0 Å². The van der Waals surface area contributed by atoms with Crippen LogP contribution in [0, 0.1) is 0 Å². The van der Waals surface area contributed by atoms with Crippen molar-refractivity contribution in [3.05, 3.63) is 35.9 Å². The molecule has 1 nitrogen and oxygen atoms in total. The third kappa shape index (κ3) is 3.60. The Labute approximate surface area is 81.2 Å². The molecule has 0 radical (unpaired) electrons. The number of hydrogen-bond acceptors (Lipinski definition) is 1. The highest BCUT2D eigenvalue weighted by molar-refractivity contribution is 5.18. The smallest absolute Gasteiger partial charge is 0.00174 e. The molecule has 0 saturated heterocycles. The fraction of sp³-hybridized carbons (Fsp3) is 0.500. The molecule has 0 aliphatic carbocycles. The summed E-state index contributed by atoms with van der Waals surface area (Å²) in [4.78, 5) is 0. The highest BCUT2D eigenvalue weighted by Gasteiger charge is 2.02. The minimum atomic E-state index is 0.618. The summed E-state index contributed by atoms with van der Waals surface area (Å²) in [5, 5.41) is 3.43. The van der Waals surface area contributed by atoms with Crippen LogP contribution in [-0.4, -0.2) is 13.1 Å². The van der Waals surface area contributed by atoms with E-state index >= 15 is 0 Å². The molecule has 1 rings (SSSR count). The highest BCUT2D eigenvalue weighted by Crippen LogP contribution is 2.12. The van der Waals surface area contributed by atoms with E-state index in [-0.39, 0.29) is 0 Å². The first-order valence-electron chi connectivity index (χ1n) is 5.10. The number of rotatable bonds is 5. The third-order valence-electron chi connectivity index (χ3n) is 2.25. The predicted octanol–water partition coefficient (Wildman–Crippen LogP) is 2.79. The molecule has 1 atom stereocenters. The normalized spacial score (nSPS) is 12.8. The van der Waals surface area contributed by atoms with E-state index in [0.717, 1.165) is 13.1 Å². The van der Waals surface area contributed by atoms with Crippen LogP contribution in [0.15, 0.2) is 30.3 Å². The molecule has 0 amide bonds. The number of benzene rings is 1. The van der Waals surface area contributed by atoms with Crippen LogP contribution in [0.3, 0.4) is 0 Å². The van der Waals surface area contributed by atoms with Gasteiger partial charge in [-0.25, -0.2) is 0 Å². The molecular weight excluding hydrogens is 158 g/mol. The van der Waals surface area contributed by atoms with Gasteiger partial charge in [-0.05, 0) is 24.4 Å². The lowest BCUT2D eigenvalue weighted by atomic mass is 10.0. The lowest BCUT2D eigenvalue weighted by Crippen LogP contribution is -2.20. The second kappa shape index (κ2) is 5.76. The van der Waals surface area contributed by atoms with Gasteiger partial charge in [-0.3, -0.25) is 0 Å². The zero-order valence-electron chi connectivity index (χ0n) is 8.59. The van der Waals surface area contributed by atoms with E-state index < -0.39 is 0 Å².